The first kappa shape index (κ1) is 28.9. The Morgan fingerprint density at radius 2 is 1.70 bits per heavy atom. The summed E-state index contributed by atoms with van der Waals surface area (Å²) in [6.45, 7) is 2.32. The van der Waals surface area contributed by atoms with E-state index in [9.17, 15) is 9.59 Å². The molecule has 1 saturated carbocycles. The van der Waals surface area contributed by atoms with Crippen molar-refractivity contribution in [2.45, 2.75) is 57.5 Å². The summed E-state index contributed by atoms with van der Waals surface area (Å²) >= 11 is 0. The lowest BCUT2D eigenvalue weighted by atomic mass is 9.94. The van der Waals surface area contributed by atoms with Gasteiger partial charge in [-0.2, -0.15) is 0 Å². The second-order valence-corrected chi connectivity index (χ2v) is 9.97. The monoisotopic (exact) mass is 546 g/mol. The minimum atomic E-state index is -0.978. The number of nitrogens with one attached hydrogen (secondary N) is 1. The summed E-state index contributed by atoms with van der Waals surface area (Å²) in [5.74, 6) is 0.561. The van der Waals surface area contributed by atoms with Gasteiger partial charge in [0.1, 0.15) is 11.7 Å². The van der Waals surface area contributed by atoms with E-state index in [0.717, 1.165) is 43.2 Å². The molecule has 1 aromatic heterocycles. The second-order valence-electron chi connectivity index (χ2n) is 9.97. The van der Waals surface area contributed by atoms with Crippen LogP contribution in [0, 0.1) is 6.92 Å². The summed E-state index contributed by atoms with van der Waals surface area (Å²) in [7, 11) is 4.58. The number of hydrogen-bond donors (Lipinski definition) is 1. The SMILES string of the molecule is COc1cc([C@@H](C(=O)NC2CCCCC2)N(CCc2ccccc2C)C(=O)c2cnccn2)cc(OC)c1OC. The van der Waals surface area contributed by atoms with Gasteiger partial charge in [0.25, 0.3) is 5.91 Å². The smallest absolute Gasteiger partial charge is 0.275 e. The molecule has 0 aliphatic heterocycles. The molecule has 4 rings (SSSR count). The third-order valence-electron chi connectivity index (χ3n) is 7.44. The fourth-order valence-corrected chi connectivity index (χ4v) is 5.30. The predicted octanol–water partition coefficient (Wildman–Crippen LogP) is 4.69. The number of hydrogen-bond acceptors (Lipinski definition) is 7. The van der Waals surface area contributed by atoms with Crippen LogP contribution in [0.3, 0.4) is 0 Å². The van der Waals surface area contributed by atoms with Crippen LogP contribution in [0.4, 0.5) is 0 Å². The molecule has 40 heavy (non-hydrogen) atoms. The van der Waals surface area contributed by atoms with E-state index in [4.69, 9.17) is 14.2 Å². The van der Waals surface area contributed by atoms with Crippen molar-refractivity contribution in [3.05, 3.63) is 77.4 Å². The zero-order chi connectivity index (χ0) is 28.5. The molecular formula is C31H38N4O5. The van der Waals surface area contributed by atoms with E-state index in [2.05, 4.69) is 15.3 Å². The lowest BCUT2D eigenvalue weighted by molar-refractivity contribution is -0.126. The molecule has 1 aliphatic rings. The van der Waals surface area contributed by atoms with Crippen molar-refractivity contribution in [3.63, 3.8) is 0 Å². The molecule has 0 radical (unpaired) electrons. The molecule has 9 heteroatoms. The molecule has 1 aliphatic carbocycles. The maximum absolute atomic E-state index is 14.2. The molecule has 0 unspecified atom stereocenters. The van der Waals surface area contributed by atoms with Gasteiger partial charge in [-0.3, -0.25) is 14.6 Å². The average Bonchev–Trinajstić information content (AvgIpc) is 2.99. The summed E-state index contributed by atoms with van der Waals surface area (Å²) in [6, 6.07) is 10.6. The van der Waals surface area contributed by atoms with Gasteiger partial charge in [-0.1, -0.05) is 43.5 Å². The zero-order valence-electron chi connectivity index (χ0n) is 23.7. The Hall–Kier alpha value is -4.14. The van der Waals surface area contributed by atoms with Crippen LogP contribution in [0.15, 0.2) is 55.0 Å². The van der Waals surface area contributed by atoms with Crippen molar-refractivity contribution in [1.29, 1.82) is 0 Å². The number of carbonyl (C=O) groups excluding carboxylic acids is 2. The Kier molecular flexibility index (Phi) is 9.94. The Balaban J connectivity index is 1.81. The molecule has 9 nitrogen and oxygen atoms in total. The lowest BCUT2D eigenvalue weighted by Crippen LogP contribution is -2.48. The van der Waals surface area contributed by atoms with Crippen molar-refractivity contribution in [2.24, 2.45) is 0 Å². The molecule has 212 valence electrons. The highest BCUT2D eigenvalue weighted by molar-refractivity contribution is 5.96. The minimum Gasteiger partial charge on any atom is -0.493 e. The van der Waals surface area contributed by atoms with Crippen molar-refractivity contribution in [1.82, 2.24) is 20.2 Å². The summed E-state index contributed by atoms with van der Waals surface area (Å²) in [6.07, 6.45) is 10.1. The van der Waals surface area contributed by atoms with Gasteiger partial charge >= 0.3 is 0 Å². The minimum absolute atomic E-state index is 0.0515. The van der Waals surface area contributed by atoms with Gasteiger partial charge in [-0.25, -0.2) is 4.98 Å². The van der Waals surface area contributed by atoms with Gasteiger partial charge in [0.05, 0.1) is 27.5 Å². The van der Waals surface area contributed by atoms with Crippen molar-refractivity contribution in [3.8, 4) is 17.2 Å². The van der Waals surface area contributed by atoms with Crippen molar-refractivity contribution in [2.75, 3.05) is 27.9 Å². The third kappa shape index (κ3) is 6.70. The largest absolute Gasteiger partial charge is 0.493 e. The van der Waals surface area contributed by atoms with Crippen LogP contribution < -0.4 is 19.5 Å². The van der Waals surface area contributed by atoms with Gasteiger partial charge < -0.3 is 24.4 Å². The maximum atomic E-state index is 14.2. The highest BCUT2D eigenvalue weighted by Gasteiger charge is 2.35. The highest BCUT2D eigenvalue weighted by Crippen LogP contribution is 2.41. The zero-order valence-corrected chi connectivity index (χ0v) is 23.7. The van der Waals surface area contributed by atoms with Crippen molar-refractivity contribution < 1.29 is 23.8 Å². The van der Waals surface area contributed by atoms with Gasteiger partial charge in [0, 0.05) is 25.0 Å². The van der Waals surface area contributed by atoms with Crippen molar-refractivity contribution >= 4 is 11.8 Å². The number of carbonyl (C=O) groups is 2. The molecule has 0 saturated heterocycles. The van der Waals surface area contributed by atoms with Crippen LogP contribution >= 0.6 is 0 Å². The topological polar surface area (TPSA) is 103 Å². The number of benzene rings is 2. The fraction of sp³-hybridized carbons (Fsp3) is 0.419. The molecule has 1 N–H and O–H groups in total. The van der Waals surface area contributed by atoms with Crippen LogP contribution in [-0.2, 0) is 11.2 Å². The number of rotatable bonds is 11. The van der Waals surface area contributed by atoms with Crippen LogP contribution in [0.1, 0.15) is 65.3 Å². The van der Waals surface area contributed by atoms with E-state index in [1.165, 1.54) is 39.9 Å². The first-order valence-corrected chi connectivity index (χ1v) is 13.7. The van der Waals surface area contributed by atoms with E-state index in [1.807, 2.05) is 31.2 Å². The van der Waals surface area contributed by atoms with Crippen LogP contribution in [0.5, 0.6) is 17.2 Å². The third-order valence-corrected chi connectivity index (χ3v) is 7.44. The van der Waals surface area contributed by atoms with Gasteiger partial charge in [0.2, 0.25) is 11.7 Å². The van der Waals surface area contributed by atoms with E-state index >= 15 is 0 Å². The number of methoxy groups -OCH3 is 3. The molecule has 0 spiro atoms. The molecule has 2 amide bonds. The molecule has 2 aromatic carbocycles. The number of aryl methyl sites for hydroxylation is 1. The fourth-order valence-electron chi connectivity index (χ4n) is 5.30. The van der Waals surface area contributed by atoms with Crippen LogP contribution in [0.25, 0.3) is 0 Å². The summed E-state index contributed by atoms with van der Waals surface area (Å²) in [4.78, 5) is 38.2. The van der Waals surface area contributed by atoms with Crippen LogP contribution in [0.2, 0.25) is 0 Å². The Morgan fingerprint density at radius 1 is 1.00 bits per heavy atom. The van der Waals surface area contributed by atoms with Gasteiger partial charge in [-0.15, -0.1) is 0 Å². The number of nitrogens with zero attached hydrogens (tertiary/aromatic N) is 3. The predicted molar refractivity (Wildman–Crippen MR) is 152 cm³/mol. The Bertz CT molecular complexity index is 1270. The van der Waals surface area contributed by atoms with E-state index < -0.39 is 6.04 Å². The first-order valence-electron chi connectivity index (χ1n) is 13.7. The Morgan fingerprint density at radius 3 is 2.30 bits per heavy atom. The molecule has 0 bridgehead atoms. The molecule has 1 fully saturated rings. The molecule has 1 heterocycles. The number of amides is 2. The summed E-state index contributed by atoms with van der Waals surface area (Å²) in [5, 5.41) is 3.24. The second kappa shape index (κ2) is 13.8. The standard InChI is InChI=1S/C31H38N4O5/c1-21-10-8-9-11-22(21)14-17-35(31(37)25-20-32-15-16-33-25)28(30(36)34-24-12-6-5-7-13-24)23-18-26(38-2)29(40-4)27(19-23)39-3/h8-11,15-16,18-20,24,28H,5-7,12-14,17H2,1-4H3,(H,34,36)/t28-/m0/s1. The molecular weight excluding hydrogens is 508 g/mol. The summed E-state index contributed by atoms with van der Waals surface area (Å²) in [5.41, 5.74) is 2.92. The average molecular weight is 547 g/mol. The van der Waals surface area contributed by atoms with Gasteiger partial charge in [0.15, 0.2) is 11.5 Å². The molecule has 1 atom stereocenters. The highest BCUT2D eigenvalue weighted by atomic mass is 16.5. The van der Waals surface area contributed by atoms with Crippen LogP contribution in [-0.4, -0.2) is 60.6 Å². The molecule has 3 aromatic rings. The first-order chi connectivity index (χ1) is 19.5. The Labute approximate surface area is 235 Å². The summed E-state index contributed by atoms with van der Waals surface area (Å²) < 4.78 is 16.7. The van der Waals surface area contributed by atoms with E-state index in [0.29, 0.717) is 29.2 Å². The quantitative estimate of drug-likeness (QED) is 0.372. The number of aromatic nitrogens is 2. The maximum Gasteiger partial charge on any atom is 0.275 e. The number of ether oxygens (including phenoxy) is 3. The van der Waals surface area contributed by atoms with E-state index in [-0.39, 0.29) is 30.1 Å². The van der Waals surface area contributed by atoms with Gasteiger partial charge in [-0.05, 0) is 55.0 Å². The van der Waals surface area contributed by atoms with E-state index in [1.54, 1.807) is 17.0 Å². The lowest BCUT2D eigenvalue weighted by Gasteiger charge is -2.34. The normalized spacial score (nSPS) is 14.2.